The average Bonchev–Trinajstić information content (AvgIpc) is 2.67. The molecule has 1 atom stereocenters. The second-order valence-corrected chi connectivity index (χ2v) is 6.74. The largest absolute Gasteiger partial charge is 0.371 e. The molecule has 0 aromatic heterocycles. The van der Waals surface area contributed by atoms with Crippen molar-refractivity contribution in [2.45, 2.75) is 45.4 Å². The molecule has 1 aliphatic rings. The first-order valence-corrected chi connectivity index (χ1v) is 8.77. The zero-order valence-corrected chi connectivity index (χ0v) is 14.2. The predicted octanol–water partition coefficient (Wildman–Crippen LogP) is 4.36. The minimum absolute atomic E-state index is 0.709. The van der Waals surface area contributed by atoms with Crippen LogP contribution in [0, 0.1) is 5.92 Å². The standard InChI is InChI=1S/C17H27BrN2/c1-2-4-14-5-3-11-20(12-9-14)16-7-6-15(8-10-19)17(18)13-16/h6-7,13-14H,2-5,8-12,19H2,1H3. The first-order valence-electron chi connectivity index (χ1n) is 7.98. The summed E-state index contributed by atoms with van der Waals surface area (Å²) in [6, 6.07) is 6.75. The zero-order chi connectivity index (χ0) is 14.4. The topological polar surface area (TPSA) is 29.3 Å². The van der Waals surface area contributed by atoms with E-state index in [1.807, 2.05) is 0 Å². The third-order valence-corrected chi connectivity index (χ3v) is 5.10. The molecule has 1 aromatic carbocycles. The van der Waals surface area contributed by atoms with Gasteiger partial charge in [0.05, 0.1) is 0 Å². The van der Waals surface area contributed by atoms with Crippen molar-refractivity contribution in [2.75, 3.05) is 24.5 Å². The van der Waals surface area contributed by atoms with E-state index in [4.69, 9.17) is 5.73 Å². The fraction of sp³-hybridized carbons (Fsp3) is 0.647. The highest BCUT2D eigenvalue weighted by Gasteiger charge is 2.17. The number of rotatable bonds is 5. The first-order chi connectivity index (χ1) is 9.74. The highest BCUT2D eigenvalue weighted by molar-refractivity contribution is 9.10. The molecule has 0 amide bonds. The zero-order valence-electron chi connectivity index (χ0n) is 12.6. The maximum atomic E-state index is 5.64. The molecule has 0 bridgehead atoms. The van der Waals surface area contributed by atoms with Crippen molar-refractivity contribution in [1.82, 2.24) is 0 Å². The molecule has 2 nitrogen and oxygen atoms in total. The molecule has 1 saturated heterocycles. The maximum absolute atomic E-state index is 5.64. The van der Waals surface area contributed by atoms with Crippen LogP contribution in [-0.2, 0) is 6.42 Å². The predicted molar refractivity (Wildman–Crippen MR) is 91.4 cm³/mol. The van der Waals surface area contributed by atoms with Crippen molar-refractivity contribution >= 4 is 21.6 Å². The van der Waals surface area contributed by atoms with E-state index in [1.165, 1.54) is 60.9 Å². The minimum Gasteiger partial charge on any atom is -0.371 e. The Balaban J connectivity index is 2.02. The highest BCUT2D eigenvalue weighted by atomic mass is 79.9. The van der Waals surface area contributed by atoms with E-state index in [2.05, 4.69) is 46.0 Å². The number of nitrogens with zero attached hydrogens (tertiary/aromatic N) is 1. The summed E-state index contributed by atoms with van der Waals surface area (Å²) in [4.78, 5) is 2.55. The van der Waals surface area contributed by atoms with Crippen molar-refractivity contribution in [3.05, 3.63) is 28.2 Å². The molecule has 1 aromatic rings. The smallest absolute Gasteiger partial charge is 0.0377 e. The number of hydrogen-bond donors (Lipinski definition) is 1. The summed E-state index contributed by atoms with van der Waals surface area (Å²) < 4.78 is 1.20. The summed E-state index contributed by atoms with van der Waals surface area (Å²) in [6.45, 7) is 5.41. The summed E-state index contributed by atoms with van der Waals surface area (Å²) in [5.41, 5.74) is 8.31. The van der Waals surface area contributed by atoms with Crippen LogP contribution in [-0.4, -0.2) is 19.6 Å². The van der Waals surface area contributed by atoms with Gasteiger partial charge in [-0.2, -0.15) is 0 Å². The van der Waals surface area contributed by atoms with Gasteiger partial charge >= 0.3 is 0 Å². The Bertz CT molecular complexity index is 419. The van der Waals surface area contributed by atoms with Crippen molar-refractivity contribution < 1.29 is 0 Å². The van der Waals surface area contributed by atoms with Gasteiger partial charge in [-0.3, -0.25) is 0 Å². The van der Waals surface area contributed by atoms with Gasteiger partial charge in [-0.05, 0) is 55.8 Å². The van der Waals surface area contributed by atoms with Crippen LogP contribution >= 0.6 is 15.9 Å². The van der Waals surface area contributed by atoms with Crippen LogP contribution in [0.2, 0.25) is 0 Å². The number of hydrogen-bond acceptors (Lipinski definition) is 2. The number of halogens is 1. The first kappa shape index (κ1) is 15.8. The number of nitrogens with two attached hydrogens (primary N) is 1. The summed E-state index contributed by atoms with van der Waals surface area (Å²) in [7, 11) is 0. The third kappa shape index (κ3) is 4.23. The molecule has 20 heavy (non-hydrogen) atoms. The van der Waals surface area contributed by atoms with E-state index in [-0.39, 0.29) is 0 Å². The fourth-order valence-electron chi connectivity index (χ4n) is 3.21. The summed E-state index contributed by atoms with van der Waals surface area (Å²) in [6.07, 6.45) is 7.73. The Kier molecular flexibility index (Phi) is 6.37. The van der Waals surface area contributed by atoms with Gasteiger partial charge in [0.25, 0.3) is 0 Å². The molecular weight excluding hydrogens is 312 g/mol. The molecule has 1 unspecified atom stereocenters. The lowest BCUT2D eigenvalue weighted by molar-refractivity contribution is 0.435. The van der Waals surface area contributed by atoms with Crippen LogP contribution in [0.4, 0.5) is 5.69 Å². The van der Waals surface area contributed by atoms with Crippen LogP contribution in [0.15, 0.2) is 22.7 Å². The Labute approximate surface area is 131 Å². The van der Waals surface area contributed by atoms with E-state index >= 15 is 0 Å². The van der Waals surface area contributed by atoms with Crippen LogP contribution < -0.4 is 10.6 Å². The highest BCUT2D eigenvalue weighted by Crippen LogP contribution is 2.28. The summed E-state index contributed by atoms with van der Waals surface area (Å²) >= 11 is 3.69. The second kappa shape index (κ2) is 8.04. The SMILES string of the molecule is CCCC1CCCN(c2ccc(CCN)c(Br)c2)CC1. The van der Waals surface area contributed by atoms with Crippen molar-refractivity contribution in [3.63, 3.8) is 0 Å². The number of benzene rings is 1. The third-order valence-electron chi connectivity index (χ3n) is 4.36. The molecule has 1 heterocycles. The van der Waals surface area contributed by atoms with Crippen LogP contribution in [0.3, 0.4) is 0 Å². The quantitative estimate of drug-likeness (QED) is 0.864. The average molecular weight is 339 g/mol. The van der Waals surface area contributed by atoms with Gasteiger partial charge in [0.1, 0.15) is 0 Å². The van der Waals surface area contributed by atoms with Gasteiger partial charge in [-0.25, -0.2) is 0 Å². The lowest BCUT2D eigenvalue weighted by Gasteiger charge is -2.23. The molecule has 2 N–H and O–H groups in total. The van der Waals surface area contributed by atoms with Crippen LogP contribution in [0.25, 0.3) is 0 Å². The molecule has 0 radical (unpaired) electrons. The van der Waals surface area contributed by atoms with Gasteiger partial charge in [-0.15, -0.1) is 0 Å². The summed E-state index contributed by atoms with van der Waals surface area (Å²) in [5.74, 6) is 0.935. The van der Waals surface area contributed by atoms with E-state index in [0.29, 0.717) is 6.54 Å². The van der Waals surface area contributed by atoms with Crippen LogP contribution in [0.1, 0.15) is 44.6 Å². The lowest BCUT2D eigenvalue weighted by atomic mass is 9.96. The van der Waals surface area contributed by atoms with Crippen molar-refractivity contribution in [2.24, 2.45) is 11.7 Å². The van der Waals surface area contributed by atoms with Gasteiger partial charge in [-0.1, -0.05) is 41.8 Å². The van der Waals surface area contributed by atoms with E-state index in [0.717, 1.165) is 12.3 Å². The molecule has 3 heteroatoms. The minimum atomic E-state index is 0.709. The van der Waals surface area contributed by atoms with Crippen molar-refractivity contribution in [1.29, 1.82) is 0 Å². The van der Waals surface area contributed by atoms with Gasteiger partial charge in [0.2, 0.25) is 0 Å². The Morgan fingerprint density at radius 1 is 1.30 bits per heavy atom. The van der Waals surface area contributed by atoms with Crippen LogP contribution in [0.5, 0.6) is 0 Å². The van der Waals surface area contributed by atoms with Crippen molar-refractivity contribution in [3.8, 4) is 0 Å². The molecule has 0 spiro atoms. The Hall–Kier alpha value is -0.540. The maximum Gasteiger partial charge on any atom is 0.0377 e. The van der Waals surface area contributed by atoms with Gasteiger partial charge in [0, 0.05) is 23.2 Å². The molecular formula is C17H27BrN2. The van der Waals surface area contributed by atoms with Gasteiger partial charge in [0.15, 0.2) is 0 Å². The second-order valence-electron chi connectivity index (χ2n) is 5.89. The Morgan fingerprint density at radius 2 is 2.15 bits per heavy atom. The number of anilines is 1. The Morgan fingerprint density at radius 3 is 2.85 bits per heavy atom. The van der Waals surface area contributed by atoms with E-state index in [1.54, 1.807) is 0 Å². The van der Waals surface area contributed by atoms with E-state index < -0.39 is 0 Å². The molecule has 112 valence electrons. The van der Waals surface area contributed by atoms with Gasteiger partial charge < -0.3 is 10.6 Å². The van der Waals surface area contributed by atoms with E-state index in [9.17, 15) is 0 Å². The summed E-state index contributed by atoms with van der Waals surface area (Å²) in [5, 5.41) is 0. The lowest BCUT2D eigenvalue weighted by Crippen LogP contribution is -2.24. The normalized spacial score (nSPS) is 19.9. The molecule has 0 aliphatic carbocycles. The molecule has 2 rings (SSSR count). The molecule has 1 aliphatic heterocycles. The molecule has 1 fully saturated rings. The molecule has 0 saturated carbocycles. The fourth-order valence-corrected chi connectivity index (χ4v) is 3.78. The monoisotopic (exact) mass is 338 g/mol.